The number of ether oxygens (including phenoxy) is 1. The number of benzene rings is 2. The summed E-state index contributed by atoms with van der Waals surface area (Å²) in [6.07, 6.45) is 2.06. The molecule has 2 aromatic rings. The highest BCUT2D eigenvalue weighted by molar-refractivity contribution is 6.19. The third kappa shape index (κ3) is 4.69. The number of carbonyl (C=O) groups excluding carboxylic acids is 3. The first kappa shape index (κ1) is 21.7. The third-order valence-corrected chi connectivity index (χ3v) is 6.05. The van der Waals surface area contributed by atoms with Gasteiger partial charge in [-0.15, -0.1) is 0 Å². The lowest BCUT2D eigenvalue weighted by atomic mass is 10.0. The molecule has 8 heteroatoms. The van der Waals surface area contributed by atoms with Gasteiger partial charge in [-0.05, 0) is 49.1 Å². The summed E-state index contributed by atoms with van der Waals surface area (Å²) in [4.78, 5) is 42.5. The van der Waals surface area contributed by atoms with Crippen molar-refractivity contribution in [1.82, 2.24) is 15.1 Å². The van der Waals surface area contributed by atoms with E-state index >= 15 is 0 Å². The summed E-state index contributed by atoms with van der Waals surface area (Å²) < 4.78 is 5.16. The Morgan fingerprint density at radius 2 is 1.72 bits per heavy atom. The van der Waals surface area contributed by atoms with Crippen LogP contribution in [0.4, 0.5) is 15.3 Å². The summed E-state index contributed by atoms with van der Waals surface area (Å²) in [5, 5.41) is 2.97. The fourth-order valence-electron chi connectivity index (χ4n) is 4.23. The monoisotopic (exact) mass is 436 g/mol. The van der Waals surface area contributed by atoms with E-state index in [-0.39, 0.29) is 30.6 Å². The highest BCUT2D eigenvalue weighted by Gasteiger charge is 2.41. The summed E-state index contributed by atoms with van der Waals surface area (Å²) in [6, 6.07) is 16.4. The van der Waals surface area contributed by atoms with Crippen LogP contribution in [0.25, 0.3) is 0 Å². The largest absolute Gasteiger partial charge is 0.497 e. The maximum absolute atomic E-state index is 12.9. The third-order valence-electron chi connectivity index (χ3n) is 6.05. The van der Waals surface area contributed by atoms with Gasteiger partial charge in [0.1, 0.15) is 12.3 Å². The van der Waals surface area contributed by atoms with E-state index < -0.39 is 0 Å². The van der Waals surface area contributed by atoms with Gasteiger partial charge in [-0.1, -0.05) is 30.3 Å². The Morgan fingerprint density at radius 3 is 2.38 bits per heavy atom. The number of para-hydroxylation sites is 1. The van der Waals surface area contributed by atoms with E-state index in [1.54, 1.807) is 29.0 Å². The summed E-state index contributed by atoms with van der Waals surface area (Å²) in [5.41, 5.74) is 1.73. The number of carbonyl (C=O) groups is 3. The number of hydrogen-bond donors (Lipinski definition) is 1. The summed E-state index contributed by atoms with van der Waals surface area (Å²) >= 11 is 0. The van der Waals surface area contributed by atoms with Gasteiger partial charge in [0.25, 0.3) is 5.91 Å². The molecule has 0 radical (unpaired) electrons. The molecule has 2 saturated heterocycles. The van der Waals surface area contributed by atoms with Gasteiger partial charge < -0.3 is 19.9 Å². The van der Waals surface area contributed by atoms with Gasteiger partial charge in [-0.3, -0.25) is 4.79 Å². The van der Waals surface area contributed by atoms with Gasteiger partial charge in [0.15, 0.2) is 0 Å². The quantitative estimate of drug-likeness (QED) is 0.706. The minimum absolute atomic E-state index is 0.0384. The van der Waals surface area contributed by atoms with Crippen LogP contribution in [0.3, 0.4) is 0 Å². The maximum Gasteiger partial charge on any atom is 0.332 e. The Labute approximate surface area is 187 Å². The molecule has 5 amide bonds. The predicted molar refractivity (Wildman–Crippen MR) is 121 cm³/mol. The Hall–Kier alpha value is -3.55. The molecule has 0 aromatic heterocycles. The average molecular weight is 437 g/mol. The highest BCUT2D eigenvalue weighted by Crippen LogP contribution is 2.26. The van der Waals surface area contributed by atoms with E-state index in [9.17, 15) is 14.4 Å². The molecule has 0 unspecified atom stereocenters. The van der Waals surface area contributed by atoms with Gasteiger partial charge in [0.2, 0.25) is 0 Å². The van der Waals surface area contributed by atoms with Gasteiger partial charge in [-0.25, -0.2) is 14.5 Å². The van der Waals surface area contributed by atoms with Crippen LogP contribution < -0.4 is 15.0 Å². The average Bonchev–Trinajstić information content (AvgIpc) is 3.13. The molecule has 2 aliphatic heterocycles. The van der Waals surface area contributed by atoms with Crippen molar-refractivity contribution >= 4 is 23.7 Å². The number of hydrogen-bond acceptors (Lipinski definition) is 4. The summed E-state index contributed by atoms with van der Waals surface area (Å²) in [6.45, 7) is 1.76. The summed E-state index contributed by atoms with van der Waals surface area (Å²) in [5.74, 6) is 0.602. The van der Waals surface area contributed by atoms with Crippen LogP contribution >= 0.6 is 0 Å². The molecule has 0 spiro atoms. The van der Waals surface area contributed by atoms with Gasteiger partial charge in [0.05, 0.1) is 12.8 Å². The standard InChI is InChI=1S/C24H28N4O4/c1-32-21-9-7-18(8-10-21)11-14-25-23(30)26-15-12-19(13-16-26)27-17-22(29)28(24(27)31)20-5-3-2-4-6-20/h2-10,19H,11-17H2,1H3,(H,25,30). The zero-order valence-corrected chi connectivity index (χ0v) is 18.2. The number of piperidine rings is 1. The zero-order chi connectivity index (χ0) is 22.5. The molecule has 8 nitrogen and oxygen atoms in total. The van der Waals surface area contributed by atoms with Gasteiger partial charge in [0, 0.05) is 25.7 Å². The molecule has 2 heterocycles. The minimum Gasteiger partial charge on any atom is -0.497 e. The van der Waals surface area contributed by atoms with Crippen LogP contribution in [0.15, 0.2) is 54.6 Å². The van der Waals surface area contributed by atoms with Crippen LogP contribution in [0, 0.1) is 0 Å². The van der Waals surface area contributed by atoms with Crippen molar-refractivity contribution in [2.75, 3.05) is 38.2 Å². The van der Waals surface area contributed by atoms with Crippen LogP contribution in [0.2, 0.25) is 0 Å². The fraction of sp³-hybridized carbons (Fsp3) is 0.375. The van der Waals surface area contributed by atoms with Crippen molar-refractivity contribution in [3.8, 4) is 5.75 Å². The second-order valence-corrected chi connectivity index (χ2v) is 8.02. The molecule has 1 N–H and O–H groups in total. The number of amides is 5. The smallest absolute Gasteiger partial charge is 0.332 e. The van der Waals surface area contributed by atoms with Crippen LogP contribution in [-0.2, 0) is 11.2 Å². The Kier molecular flexibility index (Phi) is 6.58. The SMILES string of the molecule is COc1ccc(CCNC(=O)N2CCC(N3CC(=O)N(c4ccccc4)C3=O)CC2)cc1. The van der Waals surface area contributed by atoms with Crippen LogP contribution in [0.1, 0.15) is 18.4 Å². The molecule has 0 aliphatic carbocycles. The summed E-state index contributed by atoms with van der Waals surface area (Å²) in [7, 11) is 1.63. The Bertz CT molecular complexity index is 956. The number of rotatable bonds is 6. The maximum atomic E-state index is 12.9. The van der Waals surface area contributed by atoms with Crippen molar-refractivity contribution in [3.63, 3.8) is 0 Å². The lowest BCUT2D eigenvalue weighted by Crippen LogP contribution is -2.50. The molecule has 0 bridgehead atoms. The highest BCUT2D eigenvalue weighted by atomic mass is 16.5. The van der Waals surface area contributed by atoms with Crippen LogP contribution in [0.5, 0.6) is 5.75 Å². The lowest BCUT2D eigenvalue weighted by Gasteiger charge is -2.36. The molecule has 32 heavy (non-hydrogen) atoms. The topological polar surface area (TPSA) is 82.2 Å². The van der Waals surface area contributed by atoms with Gasteiger partial charge >= 0.3 is 12.1 Å². The first-order valence-electron chi connectivity index (χ1n) is 10.9. The first-order valence-corrected chi connectivity index (χ1v) is 10.9. The normalized spacial score (nSPS) is 17.1. The van der Waals surface area contributed by atoms with Crippen molar-refractivity contribution in [1.29, 1.82) is 0 Å². The van der Waals surface area contributed by atoms with Crippen LogP contribution in [-0.4, -0.2) is 67.1 Å². The number of anilines is 1. The van der Waals surface area contributed by atoms with E-state index in [1.165, 1.54) is 4.90 Å². The molecular weight excluding hydrogens is 408 g/mol. The number of likely N-dealkylation sites (tertiary alicyclic amines) is 1. The van der Waals surface area contributed by atoms with E-state index in [0.29, 0.717) is 38.2 Å². The van der Waals surface area contributed by atoms with E-state index in [0.717, 1.165) is 17.7 Å². The molecule has 168 valence electrons. The Balaban J connectivity index is 1.24. The fourth-order valence-corrected chi connectivity index (χ4v) is 4.23. The van der Waals surface area contributed by atoms with Crippen molar-refractivity contribution in [2.24, 2.45) is 0 Å². The Morgan fingerprint density at radius 1 is 1.03 bits per heavy atom. The van der Waals surface area contributed by atoms with Crippen molar-refractivity contribution in [2.45, 2.75) is 25.3 Å². The molecule has 2 aliphatic rings. The molecule has 0 atom stereocenters. The molecule has 2 aromatic carbocycles. The zero-order valence-electron chi connectivity index (χ0n) is 18.2. The predicted octanol–water partition coefficient (Wildman–Crippen LogP) is 2.88. The number of nitrogens with zero attached hydrogens (tertiary/aromatic N) is 3. The number of nitrogens with one attached hydrogen (secondary N) is 1. The molecule has 2 fully saturated rings. The van der Waals surface area contributed by atoms with E-state index in [4.69, 9.17) is 4.74 Å². The first-order chi connectivity index (χ1) is 15.6. The second kappa shape index (κ2) is 9.72. The molecule has 0 saturated carbocycles. The van der Waals surface area contributed by atoms with Crippen molar-refractivity contribution < 1.29 is 19.1 Å². The molecule has 4 rings (SSSR count). The minimum atomic E-state index is -0.274. The number of urea groups is 2. The van der Waals surface area contributed by atoms with E-state index in [2.05, 4.69) is 5.32 Å². The van der Waals surface area contributed by atoms with E-state index in [1.807, 2.05) is 42.5 Å². The van der Waals surface area contributed by atoms with Crippen molar-refractivity contribution in [3.05, 3.63) is 60.2 Å². The number of methoxy groups -OCH3 is 1. The molecular formula is C24H28N4O4. The lowest BCUT2D eigenvalue weighted by molar-refractivity contribution is -0.116. The number of imide groups is 1. The van der Waals surface area contributed by atoms with Gasteiger partial charge in [-0.2, -0.15) is 0 Å². The second-order valence-electron chi connectivity index (χ2n) is 8.02.